The Balaban J connectivity index is 1.27. The van der Waals surface area contributed by atoms with Crippen LogP contribution in [0, 0.1) is 6.92 Å². The van der Waals surface area contributed by atoms with Gasteiger partial charge < -0.3 is 10.6 Å². The predicted molar refractivity (Wildman–Crippen MR) is 137 cm³/mol. The van der Waals surface area contributed by atoms with E-state index in [9.17, 15) is 9.59 Å². The van der Waals surface area contributed by atoms with Crippen LogP contribution in [0.5, 0.6) is 0 Å². The SMILES string of the molecule is Cc1cc(CN2CCSCC2)ccc1NC(=O)CNC(=O)c1ccc(-c2ccccc2)cc1. The third-order valence-corrected chi connectivity index (χ3v) is 6.68. The van der Waals surface area contributed by atoms with E-state index in [-0.39, 0.29) is 18.4 Å². The van der Waals surface area contributed by atoms with E-state index in [1.54, 1.807) is 12.1 Å². The Morgan fingerprint density at radius 2 is 1.61 bits per heavy atom. The zero-order valence-corrected chi connectivity index (χ0v) is 19.7. The highest BCUT2D eigenvalue weighted by Gasteiger charge is 2.13. The van der Waals surface area contributed by atoms with E-state index in [0.717, 1.165) is 42.0 Å². The van der Waals surface area contributed by atoms with Gasteiger partial charge in [0.2, 0.25) is 5.91 Å². The highest BCUT2D eigenvalue weighted by Crippen LogP contribution is 2.20. The second-order valence-corrected chi connectivity index (χ2v) is 9.44. The minimum absolute atomic E-state index is 0.0775. The Morgan fingerprint density at radius 1 is 0.909 bits per heavy atom. The molecule has 0 radical (unpaired) electrons. The zero-order valence-electron chi connectivity index (χ0n) is 18.8. The van der Waals surface area contributed by atoms with Crippen LogP contribution in [0.2, 0.25) is 0 Å². The summed E-state index contributed by atoms with van der Waals surface area (Å²) in [6.45, 7) is 5.10. The van der Waals surface area contributed by atoms with Gasteiger partial charge in [0.05, 0.1) is 6.54 Å². The molecule has 2 N–H and O–H groups in total. The molecule has 6 heteroatoms. The molecular weight excluding hydrogens is 430 g/mol. The average Bonchev–Trinajstić information content (AvgIpc) is 2.85. The minimum Gasteiger partial charge on any atom is -0.343 e. The monoisotopic (exact) mass is 459 g/mol. The standard InChI is InChI=1S/C27H29N3O2S/c1-20-17-21(19-30-13-15-33-16-14-30)7-12-25(20)29-26(31)18-28-27(32)24-10-8-23(9-11-24)22-5-3-2-4-6-22/h2-12,17H,13-16,18-19H2,1H3,(H,28,32)(H,29,31). The zero-order chi connectivity index (χ0) is 23.0. The molecule has 5 nitrogen and oxygen atoms in total. The van der Waals surface area contributed by atoms with E-state index < -0.39 is 0 Å². The van der Waals surface area contributed by atoms with Gasteiger partial charge in [0.15, 0.2) is 0 Å². The molecule has 33 heavy (non-hydrogen) atoms. The Hall–Kier alpha value is -3.09. The number of nitrogens with zero attached hydrogens (tertiary/aromatic N) is 1. The van der Waals surface area contributed by atoms with E-state index in [1.165, 1.54) is 17.1 Å². The maximum atomic E-state index is 12.5. The summed E-state index contributed by atoms with van der Waals surface area (Å²) in [4.78, 5) is 27.3. The molecule has 0 atom stereocenters. The van der Waals surface area contributed by atoms with Crippen LogP contribution in [0.4, 0.5) is 5.69 Å². The molecule has 0 aromatic heterocycles. The summed E-state index contributed by atoms with van der Waals surface area (Å²) in [7, 11) is 0. The topological polar surface area (TPSA) is 61.4 Å². The fourth-order valence-corrected chi connectivity index (χ4v) is 4.86. The molecule has 0 aliphatic carbocycles. The molecule has 1 aliphatic rings. The number of rotatable bonds is 7. The van der Waals surface area contributed by atoms with Gasteiger partial charge in [-0.1, -0.05) is 54.6 Å². The summed E-state index contributed by atoms with van der Waals surface area (Å²) in [5.41, 5.74) is 5.72. The van der Waals surface area contributed by atoms with E-state index in [1.807, 2.05) is 67.2 Å². The van der Waals surface area contributed by atoms with Crippen LogP contribution in [0.3, 0.4) is 0 Å². The van der Waals surface area contributed by atoms with Crippen molar-refractivity contribution < 1.29 is 9.59 Å². The number of carbonyl (C=O) groups is 2. The van der Waals surface area contributed by atoms with E-state index in [2.05, 4.69) is 27.7 Å². The third-order valence-electron chi connectivity index (χ3n) is 5.74. The smallest absolute Gasteiger partial charge is 0.251 e. The Kier molecular flexibility index (Phi) is 7.81. The number of nitrogens with one attached hydrogen (secondary N) is 2. The van der Waals surface area contributed by atoms with Crippen LogP contribution < -0.4 is 10.6 Å². The number of thioether (sulfide) groups is 1. The fraction of sp³-hybridized carbons (Fsp3) is 0.259. The van der Waals surface area contributed by atoms with Gasteiger partial charge >= 0.3 is 0 Å². The van der Waals surface area contributed by atoms with Gasteiger partial charge in [-0.15, -0.1) is 0 Å². The van der Waals surface area contributed by atoms with Gasteiger partial charge in [-0.2, -0.15) is 11.8 Å². The van der Waals surface area contributed by atoms with Crippen molar-refractivity contribution in [1.82, 2.24) is 10.2 Å². The Bertz CT molecular complexity index is 1090. The van der Waals surface area contributed by atoms with Gasteiger partial charge in [0.25, 0.3) is 5.91 Å². The largest absolute Gasteiger partial charge is 0.343 e. The molecule has 0 saturated carbocycles. The molecule has 0 unspecified atom stereocenters. The first-order chi connectivity index (χ1) is 16.1. The lowest BCUT2D eigenvalue weighted by molar-refractivity contribution is -0.115. The lowest BCUT2D eigenvalue weighted by Crippen LogP contribution is -2.33. The maximum absolute atomic E-state index is 12.5. The van der Waals surface area contributed by atoms with Gasteiger partial charge in [0, 0.05) is 42.4 Å². The van der Waals surface area contributed by atoms with Crippen molar-refractivity contribution in [3.8, 4) is 11.1 Å². The maximum Gasteiger partial charge on any atom is 0.251 e. The van der Waals surface area contributed by atoms with Crippen molar-refractivity contribution in [3.63, 3.8) is 0 Å². The average molecular weight is 460 g/mol. The van der Waals surface area contributed by atoms with E-state index in [4.69, 9.17) is 0 Å². The van der Waals surface area contributed by atoms with Gasteiger partial charge in [-0.25, -0.2) is 0 Å². The molecule has 3 aromatic rings. The summed E-state index contributed by atoms with van der Waals surface area (Å²) in [5.74, 6) is 1.87. The molecule has 0 bridgehead atoms. The predicted octanol–water partition coefficient (Wildman–Crippen LogP) is 4.58. The van der Waals surface area contributed by atoms with Crippen LogP contribution in [-0.2, 0) is 11.3 Å². The van der Waals surface area contributed by atoms with Crippen LogP contribution in [0.25, 0.3) is 11.1 Å². The molecule has 1 fully saturated rings. The minimum atomic E-state index is -0.267. The quantitative estimate of drug-likeness (QED) is 0.543. The van der Waals surface area contributed by atoms with Crippen LogP contribution in [0.1, 0.15) is 21.5 Å². The third kappa shape index (κ3) is 6.46. The van der Waals surface area contributed by atoms with Crippen LogP contribution in [0.15, 0.2) is 72.8 Å². The van der Waals surface area contributed by atoms with Gasteiger partial charge in [-0.3, -0.25) is 14.5 Å². The molecule has 2 amide bonds. The lowest BCUT2D eigenvalue weighted by atomic mass is 10.0. The second-order valence-electron chi connectivity index (χ2n) is 8.21. The Labute approximate surface area is 199 Å². The number of amides is 2. The summed E-state index contributed by atoms with van der Waals surface area (Å²) in [6.07, 6.45) is 0. The van der Waals surface area contributed by atoms with Crippen molar-refractivity contribution in [2.24, 2.45) is 0 Å². The first-order valence-corrected chi connectivity index (χ1v) is 12.4. The van der Waals surface area contributed by atoms with Crippen molar-refractivity contribution in [2.75, 3.05) is 36.5 Å². The first-order valence-electron chi connectivity index (χ1n) is 11.2. The van der Waals surface area contributed by atoms with Crippen molar-refractivity contribution in [2.45, 2.75) is 13.5 Å². The van der Waals surface area contributed by atoms with Gasteiger partial charge in [-0.05, 0) is 47.4 Å². The second kappa shape index (κ2) is 11.2. The fourth-order valence-electron chi connectivity index (χ4n) is 3.88. The molecule has 0 spiro atoms. The normalized spacial score (nSPS) is 14.0. The molecule has 1 aliphatic heterocycles. The van der Waals surface area contributed by atoms with Crippen LogP contribution >= 0.6 is 11.8 Å². The number of carbonyl (C=O) groups excluding carboxylic acids is 2. The number of hydrogen-bond donors (Lipinski definition) is 2. The highest BCUT2D eigenvalue weighted by atomic mass is 32.2. The molecule has 1 heterocycles. The summed E-state index contributed by atoms with van der Waals surface area (Å²) in [6, 6.07) is 23.5. The van der Waals surface area contributed by atoms with E-state index in [0.29, 0.717) is 5.56 Å². The van der Waals surface area contributed by atoms with Crippen molar-refractivity contribution in [3.05, 3.63) is 89.5 Å². The van der Waals surface area contributed by atoms with E-state index >= 15 is 0 Å². The molecule has 1 saturated heterocycles. The Morgan fingerprint density at radius 3 is 2.30 bits per heavy atom. The number of anilines is 1. The molecular formula is C27H29N3O2S. The highest BCUT2D eigenvalue weighted by molar-refractivity contribution is 7.99. The van der Waals surface area contributed by atoms with Crippen LogP contribution in [-0.4, -0.2) is 47.9 Å². The summed E-state index contributed by atoms with van der Waals surface area (Å²) >= 11 is 2.01. The first kappa shape index (κ1) is 23.1. The molecule has 4 rings (SSSR count). The number of benzene rings is 3. The number of aryl methyl sites for hydroxylation is 1. The number of hydrogen-bond acceptors (Lipinski definition) is 4. The lowest BCUT2D eigenvalue weighted by Gasteiger charge is -2.26. The van der Waals surface area contributed by atoms with Gasteiger partial charge in [0.1, 0.15) is 0 Å². The van der Waals surface area contributed by atoms with Crippen molar-refractivity contribution in [1.29, 1.82) is 0 Å². The van der Waals surface area contributed by atoms with Crippen molar-refractivity contribution >= 4 is 29.3 Å². The summed E-state index contributed by atoms with van der Waals surface area (Å²) in [5, 5.41) is 5.61. The molecule has 3 aromatic carbocycles. The molecule has 170 valence electrons. The summed E-state index contributed by atoms with van der Waals surface area (Å²) < 4.78 is 0.